The second-order valence-electron chi connectivity index (χ2n) is 2.88. The smallest absolute Gasteiger partial charge is 0.143 e. The molecule has 0 N–H and O–H groups in total. The first-order valence-electron chi connectivity index (χ1n) is 4.33. The van der Waals surface area contributed by atoms with E-state index >= 15 is 0 Å². The van der Waals surface area contributed by atoms with Crippen molar-refractivity contribution in [2.24, 2.45) is 0 Å². The summed E-state index contributed by atoms with van der Waals surface area (Å²) in [6, 6.07) is 5.67. The van der Waals surface area contributed by atoms with Crippen molar-refractivity contribution in [3.05, 3.63) is 35.1 Å². The lowest BCUT2D eigenvalue weighted by Crippen LogP contribution is -1.99. The number of halogens is 1. The minimum Gasteiger partial charge on any atom is -0.200 e. The standard InChI is InChI=1S/C9H9ClN4/c1-2-7-5-8(10)3-4-9(7)14-6-11-12-13-14/h3-6H,2H2,1H3. The summed E-state index contributed by atoms with van der Waals surface area (Å²) in [7, 11) is 0. The maximum atomic E-state index is 5.90. The van der Waals surface area contributed by atoms with Gasteiger partial charge in [0, 0.05) is 5.02 Å². The molecule has 0 atom stereocenters. The highest BCUT2D eigenvalue weighted by Gasteiger charge is 2.04. The summed E-state index contributed by atoms with van der Waals surface area (Å²) < 4.78 is 1.63. The van der Waals surface area contributed by atoms with Crippen molar-refractivity contribution in [2.75, 3.05) is 0 Å². The second-order valence-corrected chi connectivity index (χ2v) is 3.32. The maximum Gasteiger partial charge on any atom is 0.143 e. The fraction of sp³-hybridized carbons (Fsp3) is 0.222. The molecule has 1 aromatic carbocycles. The van der Waals surface area contributed by atoms with Crippen LogP contribution in [0, 0.1) is 0 Å². The monoisotopic (exact) mass is 208 g/mol. The minimum absolute atomic E-state index is 0.735. The van der Waals surface area contributed by atoms with Gasteiger partial charge in [-0.25, -0.2) is 4.68 Å². The zero-order valence-corrected chi connectivity index (χ0v) is 8.44. The molecule has 0 bridgehead atoms. The summed E-state index contributed by atoms with van der Waals surface area (Å²) in [5.74, 6) is 0. The summed E-state index contributed by atoms with van der Waals surface area (Å²) in [6.07, 6.45) is 2.47. The zero-order chi connectivity index (χ0) is 9.97. The number of hydrogen-bond donors (Lipinski definition) is 0. The van der Waals surface area contributed by atoms with E-state index in [9.17, 15) is 0 Å². The fourth-order valence-corrected chi connectivity index (χ4v) is 1.53. The molecule has 2 aromatic rings. The molecular formula is C9H9ClN4. The van der Waals surface area contributed by atoms with Crippen LogP contribution in [-0.4, -0.2) is 20.2 Å². The van der Waals surface area contributed by atoms with Crippen molar-refractivity contribution in [1.82, 2.24) is 20.2 Å². The minimum atomic E-state index is 0.735. The van der Waals surface area contributed by atoms with Crippen molar-refractivity contribution in [2.45, 2.75) is 13.3 Å². The van der Waals surface area contributed by atoms with Crippen molar-refractivity contribution in [1.29, 1.82) is 0 Å². The van der Waals surface area contributed by atoms with E-state index in [4.69, 9.17) is 11.6 Å². The quantitative estimate of drug-likeness (QED) is 0.757. The third-order valence-corrected chi connectivity index (χ3v) is 2.25. The third kappa shape index (κ3) is 1.61. The third-order valence-electron chi connectivity index (χ3n) is 2.02. The molecule has 1 heterocycles. The van der Waals surface area contributed by atoms with Crippen LogP contribution in [0.25, 0.3) is 5.69 Å². The van der Waals surface area contributed by atoms with Gasteiger partial charge in [0.1, 0.15) is 6.33 Å². The van der Waals surface area contributed by atoms with Gasteiger partial charge in [-0.2, -0.15) is 0 Å². The predicted molar refractivity (Wildman–Crippen MR) is 53.5 cm³/mol. The van der Waals surface area contributed by atoms with Crippen molar-refractivity contribution in [3.8, 4) is 5.69 Å². The summed E-state index contributed by atoms with van der Waals surface area (Å²) in [5, 5.41) is 11.8. The van der Waals surface area contributed by atoms with Gasteiger partial charge in [0.15, 0.2) is 0 Å². The number of aryl methyl sites for hydroxylation is 1. The van der Waals surface area contributed by atoms with E-state index in [1.165, 1.54) is 0 Å². The van der Waals surface area contributed by atoms with Gasteiger partial charge in [-0.15, -0.1) is 5.10 Å². The zero-order valence-electron chi connectivity index (χ0n) is 7.68. The van der Waals surface area contributed by atoms with E-state index in [-0.39, 0.29) is 0 Å². The van der Waals surface area contributed by atoms with E-state index < -0.39 is 0 Å². The van der Waals surface area contributed by atoms with Gasteiger partial charge in [-0.1, -0.05) is 18.5 Å². The lowest BCUT2D eigenvalue weighted by atomic mass is 10.1. The van der Waals surface area contributed by atoms with Gasteiger partial charge in [-0.3, -0.25) is 0 Å². The Morgan fingerprint density at radius 1 is 1.43 bits per heavy atom. The first kappa shape index (κ1) is 9.15. The molecule has 2 rings (SSSR count). The van der Waals surface area contributed by atoms with Crippen LogP contribution in [0.15, 0.2) is 24.5 Å². The molecule has 0 spiro atoms. The van der Waals surface area contributed by atoms with Gasteiger partial charge >= 0.3 is 0 Å². The maximum absolute atomic E-state index is 5.90. The highest BCUT2D eigenvalue weighted by Crippen LogP contribution is 2.18. The average molecular weight is 209 g/mol. The lowest BCUT2D eigenvalue weighted by molar-refractivity contribution is 0.781. The van der Waals surface area contributed by atoms with Gasteiger partial charge in [0.25, 0.3) is 0 Å². The summed E-state index contributed by atoms with van der Waals surface area (Å²) >= 11 is 5.90. The largest absolute Gasteiger partial charge is 0.200 e. The van der Waals surface area contributed by atoms with E-state index in [2.05, 4.69) is 22.4 Å². The Morgan fingerprint density at radius 2 is 2.29 bits per heavy atom. The molecule has 14 heavy (non-hydrogen) atoms. The fourth-order valence-electron chi connectivity index (χ4n) is 1.33. The van der Waals surface area contributed by atoms with E-state index in [0.29, 0.717) is 0 Å². The normalized spacial score (nSPS) is 10.4. The van der Waals surface area contributed by atoms with Crippen molar-refractivity contribution >= 4 is 11.6 Å². The Kier molecular flexibility index (Phi) is 2.45. The number of benzene rings is 1. The van der Waals surface area contributed by atoms with Crippen LogP contribution in [0.1, 0.15) is 12.5 Å². The summed E-state index contributed by atoms with van der Waals surface area (Å²) in [4.78, 5) is 0. The molecule has 0 aliphatic rings. The molecule has 0 amide bonds. The molecule has 72 valence electrons. The van der Waals surface area contributed by atoms with Crippen LogP contribution in [0.5, 0.6) is 0 Å². The summed E-state index contributed by atoms with van der Waals surface area (Å²) in [6.45, 7) is 2.07. The molecular weight excluding hydrogens is 200 g/mol. The number of nitrogens with zero attached hydrogens (tertiary/aromatic N) is 4. The van der Waals surface area contributed by atoms with Crippen LogP contribution >= 0.6 is 11.6 Å². The molecule has 0 unspecified atom stereocenters. The van der Waals surface area contributed by atoms with Crippen LogP contribution in [0.4, 0.5) is 0 Å². The van der Waals surface area contributed by atoms with Gasteiger partial charge in [0.05, 0.1) is 5.69 Å². The number of aromatic nitrogens is 4. The highest BCUT2D eigenvalue weighted by molar-refractivity contribution is 6.30. The van der Waals surface area contributed by atoms with Crippen LogP contribution < -0.4 is 0 Å². The molecule has 0 saturated heterocycles. The van der Waals surface area contributed by atoms with Crippen molar-refractivity contribution < 1.29 is 0 Å². The summed E-state index contributed by atoms with van der Waals surface area (Å²) in [5.41, 5.74) is 2.10. The first-order chi connectivity index (χ1) is 6.81. The SMILES string of the molecule is CCc1cc(Cl)ccc1-n1cnnn1. The Labute approximate surface area is 86.5 Å². The number of rotatable bonds is 2. The van der Waals surface area contributed by atoms with Crippen molar-refractivity contribution in [3.63, 3.8) is 0 Å². The second kappa shape index (κ2) is 3.75. The molecule has 0 aliphatic carbocycles. The molecule has 5 heteroatoms. The number of tetrazole rings is 1. The van der Waals surface area contributed by atoms with E-state index in [0.717, 1.165) is 22.7 Å². The Morgan fingerprint density at radius 3 is 2.93 bits per heavy atom. The lowest BCUT2D eigenvalue weighted by Gasteiger charge is -2.06. The van der Waals surface area contributed by atoms with E-state index in [1.54, 1.807) is 11.0 Å². The Hall–Kier alpha value is -1.42. The van der Waals surface area contributed by atoms with Crippen LogP contribution in [-0.2, 0) is 6.42 Å². The Balaban J connectivity index is 2.53. The van der Waals surface area contributed by atoms with Gasteiger partial charge < -0.3 is 0 Å². The average Bonchev–Trinajstić information content (AvgIpc) is 2.70. The topological polar surface area (TPSA) is 43.6 Å². The van der Waals surface area contributed by atoms with Crippen LogP contribution in [0.2, 0.25) is 5.02 Å². The first-order valence-corrected chi connectivity index (χ1v) is 4.71. The molecule has 0 fully saturated rings. The van der Waals surface area contributed by atoms with E-state index in [1.807, 2.05) is 18.2 Å². The number of hydrogen-bond acceptors (Lipinski definition) is 3. The highest BCUT2D eigenvalue weighted by atomic mass is 35.5. The van der Waals surface area contributed by atoms with Crippen LogP contribution in [0.3, 0.4) is 0 Å². The molecule has 1 aromatic heterocycles. The molecule has 0 aliphatic heterocycles. The molecule has 4 nitrogen and oxygen atoms in total. The van der Waals surface area contributed by atoms with Gasteiger partial charge in [-0.05, 0) is 40.6 Å². The molecule has 0 saturated carbocycles. The van der Waals surface area contributed by atoms with Gasteiger partial charge in [0.2, 0.25) is 0 Å². The Bertz CT molecular complexity index is 424. The molecule has 0 radical (unpaired) electrons. The predicted octanol–water partition coefficient (Wildman–Crippen LogP) is 1.88.